The molecule has 4 aliphatic rings. The van der Waals surface area contributed by atoms with E-state index in [9.17, 15) is 9.59 Å². The maximum atomic E-state index is 13.3. The van der Waals surface area contributed by atoms with Gasteiger partial charge in [-0.15, -0.1) is 0 Å². The summed E-state index contributed by atoms with van der Waals surface area (Å²) in [4.78, 5) is 25.8. The topological polar surface area (TPSA) is 58.2 Å². The maximum Gasteiger partial charge on any atom is 0.253 e. The molecule has 4 nitrogen and oxygen atoms in total. The van der Waals surface area contributed by atoms with Crippen molar-refractivity contribution in [2.45, 2.75) is 56.2 Å². The largest absolute Gasteiger partial charge is 0.352 e. The Morgan fingerprint density at radius 1 is 1.15 bits per heavy atom. The minimum atomic E-state index is -0.277. The standard InChI is InChI=1S/C21H27BrN2O2/c1-2-7-23-18(25)16-5-3-4-6-17(16)24-19(26)20-9-14-8-15(10-20)12-21(22,11-14)13-20/h3-6,14-15H,2,7-13H2,1H3,(H,23,25)(H,24,26). The summed E-state index contributed by atoms with van der Waals surface area (Å²) in [5.74, 6) is 1.30. The SMILES string of the molecule is CCCNC(=O)c1ccccc1NC(=O)C12CC3CC(CC(Br)(C3)C1)C2. The third-order valence-corrected chi connectivity index (χ3v) is 7.35. The number of amides is 2. The van der Waals surface area contributed by atoms with Crippen LogP contribution in [-0.4, -0.2) is 22.7 Å². The average Bonchev–Trinajstić information content (AvgIpc) is 2.58. The number of carbonyl (C=O) groups is 2. The van der Waals surface area contributed by atoms with Gasteiger partial charge in [0, 0.05) is 10.9 Å². The summed E-state index contributed by atoms with van der Waals surface area (Å²) in [5, 5.41) is 6.03. The van der Waals surface area contributed by atoms with Gasteiger partial charge in [0.2, 0.25) is 5.91 Å². The highest BCUT2D eigenvalue weighted by molar-refractivity contribution is 9.10. The Morgan fingerprint density at radius 2 is 1.85 bits per heavy atom. The van der Waals surface area contributed by atoms with Crippen molar-refractivity contribution in [2.24, 2.45) is 17.3 Å². The van der Waals surface area contributed by atoms with Crippen LogP contribution in [0, 0.1) is 17.3 Å². The third kappa shape index (κ3) is 3.19. The van der Waals surface area contributed by atoms with Crippen LogP contribution in [0.25, 0.3) is 0 Å². The van der Waals surface area contributed by atoms with Gasteiger partial charge in [0.05, 0.1) is 16.7 Å². The van der Waals surface area contributed by atoms with Gasteiger partial charge < -0.3 is 10.6 Å². The number of rotatable bonds is 5. The second kappa shape index (κ2) is 6.66. The molecule has 4 bridgehead atoms. The Balaban J connectivity index is 1.55. The van der Waals surface area contributed by atoms with Crippen LogP contribution in [0.1, 0.15) is 62.2 Å². The van der Waals surface area contributed by atoms with Crippen LogP contribution in [0.15, 0.2) is 24.3 Å². The zero-order chi connectivity index (χ0) is 18.4. The zero-order valence-corrected chi connectivity index (χ0v) is 16.9. The smallest absolute Gasteiger partial charge is 0.253 e. The predicted octanol–water partition coefficient (Wildman–Crippen LogP) is 4.50. The van der Waals surface area contributed by atoms with E-state index < -0.39 is 0 Å². The summed E-state index contributed by atoms with van der Waals surface area (Å²) in [6.07, 6.45) is 7.48. The van der Waals surface area contributed by atoms with E-state index in [1.165, 1.54) is 19.3 Å². The lowest BCUT2D eigenvalue weighted by atomic mass is 9.49. The van der Waals surface area contributed by atoms with Crippen molar-refractivity contribution < 1.29 is 9.59 Å². The van der Waals surface area contributed by atoms with E-state index in [0.29, 0.717) is 29.6 Å². The number of alkyl halides is 1. The van der Waals surface area contributed by atoms with Gasteiger partial charge in [0.15, 0.2) is 0 Å². The van der Waals surface area contributed by atoms with Gasteiger partial charge in [-0.25, -0.2) is 0 Å². The molecule has 4 fully saturated rings. The molecular weight excluding hydrogens is 392 g/mol. The molecule has 0 saturated heterocycles. The summed E-state index contributed by atoms with van der Waals surface area (Å²) in [6, 6.07) is 7.34. The number of para-hydroxylation sites is 1. The van der Waals surface area contributed by atoms with Crippen molar-refractivity contribution in [2.75, 3.05) is 11.9 Å². The van der Waals surface area contributed by atoms with Crippen LogP contribution in [-0.2, 0) is 4.79 Å². The number of halogens is 1. The first kappa shape index (κ1) is 18.0. The van der Waals surface area contributed by atoms with E-state index in [-0.39, 0.29) is 21.6 Å². The quantitative estimate of drug-likeness (QED) is 0.691. The Morgan fingerprint density at radius 3 is 2.50 bits per heavy atom. The number of benzene rings is 1. The predicted molar refractivity (Wildman–Crippen MR) is 106 cm³/mol. The fourth-order valence-corrected chi connectivity index (χ4v) is 7.25. The highest BCUT2D eigenvalue weighted by Crippen LogP contribution is 2.64. The van der Waals surface area contributed by atoms with Gasteiger partial charge in [-0.05, 0) is 68.9 Å². The lowest BCUT2D eigenvalue weighted by Gasteiger charge is -2.59. The van der Waals surface area contributed by atoms with Crippen LogP contribution >= 0.6 is 15.9 Å². The van der Waals surface area contributed by atoms with Crippen LogP contribution in [0.3, 0.4) is 0 Å². The minimum absolute atomic E-state index is 0.103. The molecule has 26 heavy (non-hydrogen) atoms. The van der Waals surface area contributed by atoms with Crippen molar-refractivity contribution in [1.82, 2.24) is 5.32 Å². The number of anilines is 1. The van der Waals surface area contributed by atoms with Crippen LogP contribution in [0.2, 0.25) is 0 Å². The fraction of sp³-hybridized carbons (Fsp3) is 0.619. The molecule has 2 unspecified atom stereocenters. The second-order valence-corrected chi connectivity index (χ2v) is 10.3. The molecule has 2 atom stereocenters. The second-order valence-electron chi connectivity index (χ2n) is 8.65. The van der Waals surface area contributed by atoms with Crippen molar-refractivity contribution in [3.63, 3.8) is 0 Å². The van der Waals surface area contributed by atoms with Gasteiger partial charge in [-0.3, -0.25) is 9.59 Å². The molecule has 0 spiro atoms. The molecule has 0 heterocycles. The van der Waals surface area contributed by atoms with E-state index in [4.69, 9.17) is 0 Å². The normalized spacial score (nSPS) is 34.5. The van der Waals surface area contributed by atoms with E-state index in [1.54, 1.807) is 6.07 Å². The van der Waals surface area contributed by atoms with Gasteiger partial charge >= 0.3 is 0 Å². The highest BCUT2D eigenvalue weighted by Gasteiger charge is 2.59. The number of nitrogens with one attached hydrogen (secondary N) is 2. The van der Waals surface area contributed by atoms with E-state index in [2.05, 4.69) is 26.6 Å². The lowest BCUT2D eigenvalue weighted by Crippen LogP contribution is -2.57. The molecule has 4 aliphatic carbocycles. The lowest BCUT2D eigenvalue weighted by molar-refractivity contribution is -0.138. The average molecular weight is 419 g/mol. The molecule has 0 radical (unpaired) electrons. The fourth-order valence-electron chi connectivity index (χ4n) is 5.80. The first-order chi connectivity index (χ1) is 12.4. The van der Waals surface area contributed by atoms with Gasteiger partial charge in [0.25, 0.3) is 5.91 Å². The van der Waals surface area contributed by atoms with E-state index in [0.717, 1.165) is 25.7 Å². The Kier molecular flexibility index (Phi) is 4.62. The summed E-state index contributed by atoms with van der Waals surface area (Å²) < 4.78 is 0.145. The number of hydrogen-bond acceptors (Lipinski definition) is 2. The highest BCUT2D eigenvalue weighted by atomic mass is 79.9. The van der Waals surface area contributed by atoms with Gasteiger partial charge in [-0.2, -0.15) is 0 Å². The van der Waals surface area contributed by atoms with Crippen LogP contribution in [0.4, 0.5) is 5.69 Å². The van der Waals surface area contributed by atoms with E-state index >= 15 is 0 Å². The number of hydrogen-bond donors (Lipinski definition) is 2. The van der Waals surface area contributed by atoms with Crippen molar-refractivity contribution in [3.05, 3.63) is 29.8 Å². The zero-order valence-electron chi connectivity index (χ0n) is 15.3. The van der Waals surface area contributed by atoms with E-state index in [1.807, 2.05) is 25.1 Å². The summed E-state index contributed by atoms with van der Waals surface area (Å²) in [5.41, 5.74) is 0.902. The van der Waals surface area contributed by atoms with Gasteiger partial charge in [-0.1, -0.05) is 35.0 Å². The molecule has 5 heteroatoms. The molecule has 140 valence electrons. The Bertz CT molecular complexity index is 718. The minimum Gasteiger partial charge on any atom is -0.352 e. The molecule has 0 aromatic heterocycles. The van der Waals surface area contributed by atoms with Crippen LogP contribution < -0.4 is 10.6 Å². The molecule has 5 rings (SSSR count). The third-order valence-electron chi connectivity index (χ3n) is 6.43. The molecule has 4 saturated carbocycles. The molecule has 0 aliphatic heterocycles. The summed E-state index contributed by atoms with van der Waals surface area (Å²) >= 11 is 3.97. The van der Waals surface area contributed by atoms with Crippen molar-refractivity contribution in [3.8, 4) is 0 Å². The first-order valence-corrected chi connectivity index (χ1v) is 10.6. The Hall–Kier alpha value is -1.36. The summed E-state index contributed by atoms with van der Waals surface area (Å²) in [6.45, 7) is 2.66. The monoisotopic (exact) mass is 418 g/mol. The van der Waals surface area contributed by atoms with Crippen LogP contribution in [0.5, 0.6) is 0 Å². The van der Waals surface area contributed by atoms with Crippen molar-refractivity contribution in [1.29, 1.82) is 0 Å². The summed E-state index contributed by atoms with van der Waals surface area (Å²) in [7, 11) is 0. The Labute approximate surface area is 163 Å². The molecule has 1 aromatic rings. The molecule has 1 aromatic carbocycles. The van der Waals surface area contributed by atoms with Crippen molar-refractivity contribution >= 4 is 33.4 Å². The first-order valence-electron chi connectivity index (χ1n) is 9.81. The molecular formula is C21H27BrN2O2. The molecule has 2 N–H and O–H groups in total. The maximum absolute atomic E-state index is 13.3. The molecule has 2 amide bonds. The van der Waals surface area contributed by atoms with Gasteiger partial charge in [0.1, 0.15) is 0 Å². The number of carbonyl (C=O) groups excluding carboxylic acids is 2.